The Morgan fingerprint density at radius 3 is 2.38 bits per heavy atom. The van der Waals surface area contributed by atoms with Crippen molar-refractivity contribution in [2.45, 2.75) is 5.92 Å². The number of nitrogens with zero attached hydrogens (tertiary/aromatic N) is 1. The lowest BCUT2D eigenvalue weighted by molar-refractivity contribution is 0.0943. The molecule has 1 aromatic heterocycles. The van der Waals surface area contributed by atoms with Crippen LogP contribution in [0.3, 0.4) is 0 Å². The van der Waals surface area contributed by atoms with Gasteiger partial charge in [-0.15, -0.1) is 0 Å². The fourth-order valence-electron chi connectivity index (χ4n) is 3.81. The quantitative estimate of drug-likeness (QED) is 0.407. The van der Waals surface area contributed by atoms with Gasteiger partial charge in [0.25, 0.3) is 5.91 Å². The first-order valence-corrected chi connectivity index (χ1v) is 10.1. The molecule has 1 heterocycles. The van der Waals surface area contributed by atoms with Gasteiger partial charge in [0, 0.05) is 49.3 Å². The van der Waals surface area contributed by atoms with E-state index >= 15 is 0 Å². The molecule has 0 aliphatic heterocycles. The number of amides is 1. The van der Waals surface area contributed by atoms with Crippen molar-refractivity contribution in [1.29, 1.82) is 0 Å². The van der Waals surface area contributed by atoms with E-state index in [1.807, 2.05) is 73.7 Å². The van der Waals surface area contributed by atoms with Crippen LogP contribution < -0.4 is 10.2 Å². The minimum Gasteiger partial charge on any atom is -0.378 e. The first-order valence-electron chi connectivity index (χ1n) is 10.1. The number of anilines is 1. The van der Waals surface area contributed by atoms with E-state index in [0.29, 0.717) is 6.07 Å². The molecular weight excluding hydrogens is 415 g/mol. The molecule has 0 spiro atoms. The van der Waals surface area contributed by atoms with Crippen LogP contribution >= 0.6 is 0 Å². The lowest BCUT2D eigenvalue weighted by atomic mass is 9.90. The number of nitrogens with one attached hydrogen (secondary N) is 2. The van der Waals surface area contributed by atoms with E-state index in [-0.39, 0.29) is 12.5 Å². The summed E-state index contributed by atoms with van der Waals surface area (Å²) in [5, 5.41) is 3.57. The Morgan fingerprint density at radius 1 is 0.969 bits per heavy atom. The monoisotopic (exact) mass is 437 g/mol. The van der Waals surface area contributed by atoms with E-state index in [2.05, 4.69) is 10.3 Å². The summed E-state index contributed by atoms with van der Waals surface area (Å²) in [6.07, 6.45) is 1.87. The van der Waals surface area contributed by atoms with E-state index in [1.165, 1.54) is 0 Å². The third-order valence-electron chi connectivity index (χ3n) is 5.55. The molecule has 4 nitrogen and oxygen atoms in total. The van der Waals surface area contributed by atoms with Crippen LogP contribution in [-0.2, 0) is 0 Å². The number of para-hydroxylation sites is 1. The van der Waals surface area contributed by atoms with Gasteiger partial charge in [-0.2, -0.15) is 0 Å². The van der Waals surface area contributed by atoms with Crippen LogP contribution in [0.5, 0.6) is 0 Å². The fourth-order valence-corrected chi connectivity index (χ4v) is 3.81. The Labute approximate surface area is 183 Å². The van der Waals surface area contributed by atoms with Crippen LogP contribution in [0.4, 0.5) is 18.9 Å². The van der Waals surface area contributed by atoms with Crippen molar-refractivity contribution < 1.29 is 18.0 Å². The largest absolute Gasteiger partial charge is 0.378 e. The van der Waals surface area contributed by atoms with Crippen LogP contribution in [0.15, 0.2) is 66.9 Å². The van der Waals surface area contributed by atoms with Gasteiger partial charge in [-0.25, -0.2) is 13.2 Å². The van der Waals surface area contributed by atoms with Crippen molar-refractivity contribution in [3.63, 3.8) is 0 Å². The summed E-state index contributed by atoms with van der Waals surface area (Å²) in [6, 6.07) is 17.0. The van der Waals surface area contributed by atoms with Gasteiger partial charge in [0.1, 0.15) is 11.4 Å². The topological polar surface area (TPSA) is 48.1 Å². The third-order valence-corrected chi connectivity index (χ3v) is 5.55. The normalized spacial score (nSPS) is 12.0. The van der Waals surface area contributed by atoms with Gasteiger partial charge in [0.15, 0.2) is 11.6 Å². The van der Waals surface area contributed by atoms with E-state index in [1.54, 1.807) is 0 Å². The molecule has 4 rings (SSSR count). The molecule has 0 saturated heterocycles. The second kappa shape index (κ2) is 8.78. The van der Waals surface area contributed by atoms with Crippen molar-refractivity contribution in [2.75, 3.05) is 25.5 Å². The first-order chi connectivity index (χ1) is 15.4. The number of hydrogen-bond donors (Lipinski definition) is 2. The zero-order valence-corrected chi connectivity index (χ0v) is 17.6. The summed E-state index contributed by atoms with van der Waals surface area (Å²) >= 11 is 0. The van der Waals surface area contributed by atoms with Crippen molar-refractivity contribution in [3.8, 4) is 0 Å². The molecule has 2 N–H and O–H groups in total. The fraction of sp³-hybridized carbons (Fsp3) is 0.160. The number of fused-ring (bicyclic) bond motifs is 1. The molecule has 1 amide bonds. The average Bonchev–Trinajstić information content (AvgIpc) is 3.21. The van der Waals surface area contributed by atoms with E-state index in [0.717, 1.165) is 33.8 Å². The van der Waals surface area contributed by atoms with Crippen LogP contribution in [0, 0.1) is 17.5 Å². The van der Waals surface area contributed by atoms with Crippen molar-refractivity contribution in [2.24, 2.45) is 0 Å². The Hall–Kier alpha value is -3.74. The third kappa shape index (κ3) is 4.06. The number of benzene rings is 3. The maximum absolute atomic E-state index is 14.1. The second-order valence-electron chi connectivity index (χ2n) is 7.76. The molecule has 0 aliphatic rings. The molecule has 1 atom stereocenters. The van der Waals surface area contributed by atoms with Crippen LogP contribution in [-0.4, -0.2) is 31.5 Å². The summed E-state index contributed by atoms with van der Waals surface area (Å²) in [4.78, 5) is 17.8. The number of carbonyl (C=O) groups excluding carboxylic acids is 1. The predicted octanol–water partition coefficient (Wildman–Crippen LogP) is 5.21. The van der Waals surface area contributed by atoms with E-state index < -0.39 is 28.9 Å². The maximum Gasteiger partial charge on any atom is 0.257 e. The summed E-state index contributed by atoms with van der Waals surface area (Å²) < 4.78 is 41.7. The molecule has 4 aromatic rings. The zero-order valence-electron chi connectivity index (χ0n) is 17.6. The lowest BCUT2D eigenvalue weighted by Gasteiger charge is -2.20. The van der Waals surface area contributed by atoms with Gasteiger partial charge < -0.3 is 15.2 Å². The van der Waals surface area contributed by atoms with Gasteiger partial charge in [-0.05, 0) is 41.5 Å². The standard InChI is InChI=1S/C25H22F3N3O/c1-31(2)16-9-7-15(8-10-16)18(19-14-29-22-6-4-3-5-17(19)22)13-30-25(32)23-20(26)11-12-21(27)24(23)28/h3-12,14,18,29H,13H2,1-2H3,(H,30,32). The van der Waals surface area contributed by atoms with Gasteiger partial charge in [0.05, 0.1) is 0 Å². The molecule has 32 heavy (non-hydrogen) atoms. The van der Waals surface area contributed by atoms with Gasteiger partial charge in [-0.3, -0.25) is 4.79 Å². The minimum absolute atomic E-state index is 0.0669. The zero-order chi connectivity index (χ0) is 22.8. The predicted molar refractivity (Wildman–Crippen MR) is 120 cm³/mol. The number of carbonyl (C=O) groups is 1. The van der Waals surface area contributed by atoms with Crippen LogP contribution in [0.2, 0.25) is 0 Å². The van der Waals surface area contributed by atoms with E-state index in [4.69, 9.17) is 0 Å². The molecule has 1 unspecified atom stereocenters. The second-order valence-corrected chi connectivity index (χ2v) is 7.76. The van der Waals surface area contributed by atoms with Crippen molar-refractivity contribution in [3.05, 3.63) is 101 Å². The Morgan fingerprint density at radius 2 is 1.66 bits per heavy atom. The highest BCUT2D eigenvalue weighted by molar-refractivity contribution is 5.95. The molecule has 0 bridgehead atoms. The smallest absolute Gasteiger partial charge is 0.257 e. The molecule has 0 fully saturated rings. The van der Waals surface area contributed by atoms with E-state index in [9.17, 15) is 18.0 Å². The number of halogens is 3. The average molecular weight is 437 g/mol. The number of H-pyrrole nitrogens is 1. The number of rotatable bonds is 6. The lowest BCUT2D eigenvalue weighted by Crippen LogP contribution is -2.30. The Bertz CT molecular complexity index is 1270. The number of aromatic nitrogens is 1. The SMILES string of the molecule is CN(C)c1ccc(C(CNC(=O)c2c(F)ccc(F)c2F)c2c[nH]c3ccccc23)cc1. The summed E-state index contributed by atoms with van der Waals surface area (Å²) in [5.41, 5.74) is 2.87. The minimum atomic E-state index is -1.50. The van der Waals surface area contributed by atoms with Crippen molar-refractivity contribution >= 4 is 22.5 Å². The summed E-state index contributed by atoms with van der Waals surface area (Å²) in [6.45, 7) is 0.0669. The highest BCUT2D eigenvalue weighted by atomic mass is 19.2. The molecule has 7 heteroatoms. The first kappa shape index (κ1) is 21.5. The number of aromatic amines is 1. The highest BCUT2D eigenvalue weighted by Gasteiger charge is 2.24. The van der Waals surface area contributed by atoms with Crippen molar-refractivity contribution in [1.82, 2.24) is 10.3 Å². The molecule has 0 saturated carbocycles. The van der Waals surface area contributed by atoms with Crippen LogP contribution in [0.25, 0.3) is 10.9 Å². The highest BCUT2D eigenvalue weighted by Crippen LogP contribution is 2.31. The summed E-state index contributed by atoms with van der Waals surface area (Å²) in [5.74, 6) is -5.19. The maximum atomic E-state index is 14.1. The van der Waals surface area contributed by atoms with Gasteiger partial charge in [-0.1, -0.05) is 30.3 Å². The number of hydrogen-bond acceptors (Lipinski definition) is 2. The Kier molecular flexibility index (Phi) is 5.90. The summed E-state index contributed by atoms with van der Waals surface area (Å²) in [7, 11) is 3.88. The molecule has 0 aliphatic carbocycles. The molecule has 0 radical (unpaired) electrons. The Balaban J connectivity index is 1.69. The van der Waals surface area contributed by atoms with Gasteiger partial charge >= 0.3 is 0 Å². The van der Waals surface area contributed by atoms with Gasteiger partial charge in [0.2, 0.25) is 0 Å². The van der Waals surface area contributed by atoms with Crippen LogP contribution in [0.1, 0.15) is 27.4 Å². The molecular formula is C25H22F3N3O. The molecule has 164 valence electrons. The molecule has 3 aromatic carbocycles.